The highest BCUT2D eigenvalue weighted by molar-refractivity contribution is 5.83. The van der Waals surface area contributed by atoms with E-state index in [-0.39, 0.29) is 0 Å². The molecule has 0 atom stereocenters. The van der Waals surface area contributed by atoms with Crippen molar-refractivity contribution < 1.29 is 4.42 Å². The molecule has 3 rings (SSSR count). The number of nitrogens with one attached hydrogen (secondary N) is 1. The van der Waals surface area contributed by atoms with E-state index in [0.29, 0.717) is 0 Å². The van der Waals surface area contributed by atoms with Crippen LogP contribution in [0.15, 0.2) is 10.5 Å². The fourth-order valence-electron chi connectivity index (χ4n) is 2.50. The van der Waals surface area contributed by atoms with Gasteiger partial charge in [-0.2, -0.15) is 0 Å². The van der Waals surface area contributed by atoms with Crippen LogP contribution in [0.3, 0.4) is 0 Å². The summed E-state index contributed by atoms with van der Waals surface area (Å²) in [5.74, 6) is 0.748. The predicted molar refractivity (Wildman–Crippen MR) is 64.9 cm³/mol. The summed E-state index contributed by atoms with van der Waals surface area (Å²) in [5.41, 5.74) is 5.86. The topological polar surface area (TPSA) is 38.1 Å². The molecule has 1 N–H and O–H groups in total. The van der Waals surface area contributed by atoms with Gasteiger partial charge in [-0.3, -0.25) is 0 Å². The van der Waals surface area contributed by atoms with Crippen LogP contribution in [0, 0.1) is 13.8 Å². The van der Waals surface area contributed by atoms with Crippen molar-refractivity contribution in [3.05, 3.63) is 23.1 Å². The second-order valence-corrected chi connectivity index (χ2v) is 4.49. The third-order valence-corrected chi connectivity index (χ3v) is 3.34. The number of anilines is 1. The van der Waals surface area contributed by atoms with E-state index < -0.39 is 0 Å². The molecule has 1 aromatic carbocycles. The standard InChI is InChI=1S/C13H16N2O/c1-8-10-5-3-4-6-14-11(10)7-12-13(8)15-9(2)16-12/h7,14H,3-6H2,1-2H3. The Hall–Kier alpha value is -1.51. The zero-order valence-electron chi connectivity index (χ0n) is 9.76. The van der Waals surface area contributed by atoms with Crippen molar-refractivity contribution in [3.8, 4) is 0 Å². The van der Waals surface area contributed by atoms with Crippen molar-refractivity contribution in [1.82, 2.24) is 4.98 Å². The molecule has 1 aliphatic rings. The maximum absolute atomic E-state index is 5.60. The van der Waals surface area contributed by atoms with Crippen LogP contribution in [0.25, 0.3) is 11.1 Å². The van der Waals surface area contributed by atoms with Gasteiger partial charge in [0.05, 0.1) is 0 Å². The lowest BCUT2D eigenvalue weighted by atomic mass is 10.0. The maximum Gasteiger partial charge on any atom is 0.192 e. The molecule has 2 heterocycles. The van der Waals surface area contributed by atoms with E-state index in [2.05, 4.69) is 23.3 Å². The van der Waals surface area contributed by atoms with Gasteiger partial charge in [-0.25, -0.2) is 4.98 Å². The van der Waals surface area contributed by atoms with Gasteiger partial charge < -0.3 is 9.73 Å². The number of aromatic nitrogens is 1. The average Bonchev–Trinajstić information content (AvgIpc) is 2.48. The Morgan fingerprint density at radius 2 is 2.19 bits per heavy atom. The highest BCUT2D eigenvalue weighted by Crippen LogP contribution is 2.31. The molecule has 0 spiro atoms. The van der Waals surface area contributed by atoms with E-state index in [1.807, 2.05) is 6.92 Å². The number of nitrogens with zero attached hydrogens (tertiary/aromatic N) is 1. The van der Waals surface area contributed by atoms with E-state index in [1.165, 1.54) is 29.7 Å². The van der Waals surface area contributed by atoms with Crippen molar-refractivity contribution in [2.24, 2.45) is 0 Å². The van der Waals surface area contributed by atoms with Crippen LogP contribution in [0.2, 0.25) is 0 Å². The first-order chi connectivity index (χ1) is 7.75. The van der Waals surface area contributed by atoms with Gasteiger partial charge >= 0.3 is 0 Å². The molecule has 0 unspecified atom stereocenters. The molecule has 2 aromatic rings. The third-order valence-electron chi connectivity index (χ3n) is 3.34. The molecule has 0 radical (unpaired) electrons. The Bertz CT molecular complexity index is 542. The molecule has 0 bridgehead atoms. The van der Waals surface area contributed by atoms with Crippen molar-refractivity contribution >= 4 is 16.8 Å². The first-order valence-corrected chi connectivity index (χ1v) is 5.89. The summed E-state index contributed by atoms with van der Waals surface area (Å²) in [5, 5.41) is 3.48. The summed E-state index contributed by atoms with van der Waals surface area (Å²) in [6.45, 7) is 5.11. The molecule has 0 fully saturated rings. The van der Waals surface area contributed by atoms with Crippen molar-refractivity contribution in [2.45, 2.75) is 33.1 Å². The zero-order chi connectivity index (χ0) is 11.1. The van der Waals surface area contributed by atoms with Crippen LogP contribution in [0.5, 0.6) is 0 Å². The zero-order valence-corrected chi connectivity index (χ0v) is 9.76. The van der Waals surface area contributed by atoms with Gasteiger partial charge in [0.25, 0.3) is 0 Å². The summed E-state index contributed by atoms with van der Waals surface area (Å²) in [4.78, 5) is 4.46. The average molecular weight is 216 g/mol. The quantitative estimate of drug-likeness (QED) is 0.735. The number of hydrogen-bond donors (Lipinski definition) is 1. The smallest absolute Gasteiger partial charge is 0.192 e. The van der Waals surface area contributed by atoms with Crippen LogP contribution in [0.1, 0.15) is 29.9 Å². The fourth-order valence-corrected chi connectivity index (χ4v) is 2.50. The number of fused-ring (bicyclic) bond motifs is 2. The lowest BCUT2D eigenvalue weighted by Gasteiger charge is -2.10. The molecule has 0 saturated carbocycles. The highest BCUT2D eigenvalue weighted by atomic mass is 16.3. The molecule has 1 aromatic heterocycles. The normalized spacial score (nSPS) is 15.6. The first-order valence-electron chi connectivity index (χ1n) is 5.89. The first kappa shape index (κ1) is 9.70. The van der Waals surface area contributed by atoms with E-state index >= 15 is 0 Å². The number of hydrogen-bond acceptors (Lipinski definition) is 3. The maximum atomic E-state index is 5.60. The Balaban J connectivity index is 2.28. The van der Waals surface area contributed by atoms with Crippen LogP contribution in [-0.4, -0.2) is 11.5 Å². The largest absolute Gasteiger partial charge is 0.441 e. The molecule has 0 aliphatic carbocycles. The molecule has 0 amide bonds. The van der Waals surface area contributed by atoms with Crippen LogP contribution < -0.4 is 5.32 Å². The minimum atomic E-state index is 0.748. The van der Waals surface area contributed by atoms with E-state index in [9.17, 15) is 0 Å². The van der Waals surface area contributed by atoms with Crippen molar-refractivity contribution in [3.63, 3.8) is 0 Å². The van der Waals surface area contributed by atoms with E-state index in [0.717, 1.165) is 30.0 Å². The minimum Gasteiger partial charge on any atom is -0.441 e. The van der Waals surface area contributed by atoms with Crippen molar-refractivity contribution in [2.75, 3.05) is 11.9 Å². The lowest BCUT2D eigenvalue weighted by Crippen LogP contribution is -2.00. The fraction of sp³-hybridized carbons (Fsp3) is 0.462. The van der Waals surface area contributed by atoms with E-state index in [1.54, 1.807) is 0 Å². The summed E-state index contributed by atoms with van der Waals surface area (Å²) in [6.07, 6.45) is 3.64. The van der Waals surface area contributed by atoms with E-state index in [4.69, 9.17) is 4.42 Å². The van der Waals surface area contributed by atoms with Gasteiger partial charge in [0.15, 0.2) is 11.5 Å². The molecular formula is C13H16N2O. The Morgan fingerprint density at radius 3 is 3.06 bits per heavy atom. The van der Waals surface area contributed by atoms with Gasteiger partial charge in [0.2, 0.25) is 0 Å². The number of aryl methyl sites for hydroxylation is 2. The lowest BCUT2D eigenvalue weighted by molar-refractivity contribution is 0.561. The van der Waals surface area contributed by atoms with Gasteiger partial charge in [0.1, 0.15) is 5.52 Å². The SMILES string of the molecule is Cc1nc2c(C)c3c(cc2o1)NCCCC3. The summed E-state index contributed by atoms with van der Waals surface area (Å²) >= 11 is 0. The number of oxazole rings is 1. The highest BCUT2D eigenvalue weighted by Gasteiger charge is 2.15. The third kappa shape index (κ3) is 1.39. The predicted octanol–water partition coefficient (Wildman–Crippen LogP) is 3.19. The number of rotatable bonds is 0. The molecule has 0 saturated heterocycles. The van der Waals surface area contributed by atoms with Crippen LogP contribution in [0.4, 0.5) is 5.69 Å². The molecular weight excluding hydrogens is 200 g/mol. The Labute approximate surface area is 94.9 Å². The monoisotopic (exact) mass is 216 g/mol. The minimum absolute atomic E-state index is 0.748. The molecule has 84 valence electrons. The molecule has 3 nitrogen and oxygen atoms in total. The van der Waals surface area contributed by atoms with Gasteiger partial charge in [-0.05, 0) is 37.3 Å². The number of benzene rings is 1. The van der Waals surface area contributed by atoms with Gasteiger partial charge in [-0.15, -0.1) is 0 Å². The Morgan fingerprint density at radius 1 is 1.31 bits per heavy atom. The molecule has 3 heteroatoms. The molecule has 16 heavy (non-hydrogen) atoms. The second-order valence-electron chi connectivity index (χ2n) is 4.49. The summed E-state index contributed by atoms with van der Waals surface area (Å²) in [7, 11) is 0. The summed E-state index contributed by atoms with van der Waals surface area (Å²) in [6, 6.07) is 2.10. The van der Waals surface area contributed by atoms with Gasteiger partial charge in [-0.1, -0.05) is 0 Å². The molecule has 1 aliphatic heterocycles. The second kappa shape index (κ2) is 3.51. The van der Waals surface area contributed by atoms with Crippen LogP contribution in [-0.2, 0) is 6.42 Å². The summed E-state index contributed by atoms with van der Waals surface area (Å²) < 4.78 is 5.60. The van der Waals surface area contributed by atoms with Crippen LogP contribution >= 0.6 is 0 Å². The Kier molecular flexibility index (Phi) is 2.13. The van der Waals surface area contributed by atoms with Gasteiger partial charge in [0, 0.05) is 25.2 Å². The van der Waals surface area contributed by atoms with Crippen molar-refractivity contribution in [1.29, 1.82) is 0 Å².